The van der Waals surface area contributed by atoms with Gasteiger partial charge in [-0.3, -0.25) is 4.79 Å². The Morgan fingerprint density at radius 1 is 1.69 bits per heavy atom. The van der Waals surface area contributed by atoms with Crippen molar-refractivity contribution in [2.45, 2.75) is 38.6 Å². The average molecular weight is 239 g/mol. The first kappa shape index (κ1) is 11.5. The van der Waals surface area contributed by atoms with Crippen LogP contribution in [-0.4, -0.2) is 23.5 Å². The number of hydrogen-bond acceptors (Lipinski definition) is 4. The fourth-order valence-corrected chi connectivity index (χ4v) is 2.53. The van der Waals surface area contributed by atoms with Crippen LogP contribution in [0.1, 0.15) is 37.5 Å². The average Bonchev–Trinajstić information content (AvgIpc) is 2.87. The Morgan fingerprint density at radius 3 is 3.06 bits per heavy atom. The SMILES string of the molecule is CC(C)c1cnc(NC(=O)C2CCCN2)s1. The van der Waals surface area contributed by atoms with Crippen LogP contribution in [0.15, 0.2) is 6.20 Å². The lowest BCUT2D eigenvalue weighted by Gasteiger charge is -2.08. The third-order valence-corrected chi connectivity index (χ3v) is 3.91. The van der Waals surface area contributed by atoms with E-state index in [1.165, 1.54) is 4.88 Å². The topological polar surface area (TPSA) is 54.0 Å². The number of thiazole rings is 1. The van der Waals surface area contributed by atoms with Gasteiger partial charge in [0.15, 0.2) is 5.13 Å². The summed E-state index contributed by atoms with van der Waals surface area (Å²) in [4.78, 5) is 17.2. The van der Waals surface area contributed by atoms with Gasteiger partial charge in [0.25, 0.3) is 0 Å². The summed E-state index contributed by atoms with van der Waals surface area (Å²) in [5.41, 5.74) is 0. The zero-order valence-electron chi connectivity index (χ0n) is 9.62. The number of amides is 1. The molecular weight excluding hydrogens is 222 g/mol. The molecule has 1 aromatic rings. The molecule has 1 fully saturated rings. The van der Waals surface area contributed by atoms with Gasteiger partial charge in [0.05, 0.1) is 6.04 Å². The minimum absolute atomic E-state index is 0.0357. The van der Waals surface area contributed by atoms with Crippen molar-refractivity contribution >= 4 is 22.4 Å². The van der Waals surface area contributed by atoms with Gasteiger partial charge in [0.2, 0.25) is 5.91 Å². The maximum Gasteiger partial charge on any atom is 0.243 e. The van der Waals surface area contributed by atoms with Crippen molar-refractivity contribution < 1.29 is 4.79 Å². The lowest BCUT2D eigenvalue weighted by molar-refractivity contribution is -0.117. The van der Waals surface area contributed by atoms with Gasteiger partial charge < -0.3 is 10.6 Å². The van der Waals surface area contributed by atoms with Crippen molar-refractivity contribution in [2.24, 2.45) is 0 Å². The number of carbonyl (C=O) groups excluding carboxylic acids is 1. The minimum atomic E-state index is -0.0357. The molecule has 2 N–H and O–H groups in total. The number of anilines is 1. The highest BCUT2D eigenvalue weighted by atomic mass is 32.1. The molecule has 1 aliphatic heterocycles. The molecule has 88 valence electrons. The largest absolute Gasteiger partial charge is 0.306 e. The van der Waals surface area contributed by atoms with Crippen molar-refractivity contribution in [1.82, 2.24) is 10.3 Å². The Hall–Kier alpha value is -0.940. The summed E-state index contributed by atoms with van der Waals surface area (Å²) in [6.07, 6.45) is 3.84. The summed E-state index contributed by atoms with van der Waals surface area (Å²) in [6, 6.07) is -0.0357. The number of hydrogen-bond donors (Lipinski definition) is 2. The van der Waals surface area contributed by atoms with Gasteiger partial charge in [-0.1, -0.05) is 13.8 Å². The van der Waals surface area contributed by atoms with E-state index in [1.54, 1.807) is 11.3 Å². The quantitative estimate of drug-likeness (QED) is 0.847. The van der Waals surface area contributed by atoms with E-state index in [0.717, 1.165) is 19.4 Å². The molecule has 16 heavy (non-hydrogen) atoms. The van der Waals surface area contributed by atoms with Gasteiger partial charge in [-0.25, -0.2) is 4.98 Å². The van der Waals surface area contributed by atoms with Crippen LogP contribution in [-0.2, 0) is 4.79 Å². The molecule has 1 unspecified atom stereocenters. The van der Waals surface area contributed by atoms with Gasteiger partial charge >= 0.3 is 0 Å². The van der Waals surface area contributed by atoms with E-state index < -0.39 is 0 Å². The van der Waals surface area contributed by atoms with E-state index in [-0.39, 0.29) is 11.9 Å². The van der Waals surface area contributed by atoms with E-state index in [2.05, 4.69) is 29.5 Å². The van der Waals surface area contributed by atoms with Crippen LogP contribution in [0.4, 0.5) is 5.13 Å². The molecule has 2 heterocycles. The molecule has 1 amide bonds. The molecule has 2 rings (SSSR count). The maximum absolute atomic E-state index is 11.8. The Labute approximate surface area is 99.5 Å². The van der Waals surface area contributed by atoms with Crippen LogP contribution in [0.2, 0.25) is 0 Å². The maximum atomic E-state index is 11.8. The van der Waals surface area contributed by atoms with E-state index in [9.17, 15) is 4.79 Å². The van der Waals surface area contributed by atoms with Crippen molar-refractivity contribution in [2.75, 3.05) is 11.9 Å². The molecular formula is C11H17N3OS. The lowest BCUT2D eigenvalue weighted by atomic mass is 10.2. The van der Waals surface area contributed by atoms with E-state index >= 15 is 0 Å². The Bertz CT molecular complexity index is 369. The molecule has 0 aliphatic carbocycles. The third kappa shape index (κ3) is 2.59. The predicted molar refractivity (Wildman–Crippen MR) is 65.9 cm³/mol. The minimum Gasteiger partial charge on any atom is -0.306 e. The Kier molecular flexibility index (Phi) is 3.56. The highest BCUT2D eigenvalue weighted by molar-refractivity contribution is 7.15. The zero-order valence-corrected chi connectivity index (χ0v) is 10.4. The van der Waals surface area contributed by atoms with Crippen LogP contribution >= 0.6 is 11.3 Å². The molecule has 0 bridgehead atoms. The highest BCUT2D eigenvalue weighted by Crippen LogP contribution is 2.25. The van der Waals surface area contributed by atoms with Crippen LogP contribution in [0, 0.1) is 0 Å². The monoisotopic (exact) mass is 239 g/mol. The molecule has 1 atom stereocenters. The molecule has 5 heteroatoms. The fraction of sp³-hybridized carbons (Fsp3) is 0.636. The van der Waals surface area contributed by atoms with E-state index in [1.807, 2.05) is 6.20 Å². The van der Waals surface area contributed by atoms with Crippen LogP contribution < -0.4 is 10.6 Å². The number of nitrogens with zero attached hydrogens (tertiary/aromatic N) is 1. The first-order valence-corrected chi connectivity index (χ1v) is 6.48. The summed E-state index contributed by atoms with van der Waals surface area (Å²) in [7, 11) is 0. The van der Waals surface area contributed by atoms with Gasteiger partial charge in [0.1, 0.15) is 0 Å². The first-order valence-electron chi connectivity index (χ1n) is 5.67. The molecule has 0 saturated carbocycles. The summed E-state index contributed by atoms with van der Waals surface area (Å²) < 4.78 is 0. The first-order chi connectivity index (χ1) is 7.66. The Balaban J connectivity index is 1.95. The third-order valence-electron chi connectivity index (χ3n) is 2.70. The molecule has 1 saturated heterocycles. The summed E-state index contributed by atoms with van der Waals surface area (Å²) in [5, 5.41) is 6.75. The number of rotatable bonds is 3. The van der Waals surface area contributed by atoms with Gasteiger partial charge in [-0.15, -0.1) is 11.3 Å². The Morgan fingerprint density at radius 2 is 2.50 bits per heavy atom. The van der Waals surface area contributed by atoms with E-state index in [4.69, 9.17) is 0 Å². The highest BCUT2D eigenvalue weighted by Gasteiger charge is 2.22. The predicted octanol–water partition coefficient (Wildman–Crippen LogP) is 1.96. The summed E-state index contributed by atoms with van der Waals surface area (Å²) in [5.74, 6) is 0.509. The summed E-state index contributed by atoms with van der Waals surface area (Å²) in [6.45, 7) is 5.18. The molecule has 0 radical (unpaired) electrons. The molecule has 1 aliphatic rings. The molecule has 1 aromatic heterocycles. The zero-order chi connectivity index (χ0) is 11.5. The lowest BCUT2D eigenvalue weighted by Crippen LogP contribution is -2.35. The fourth-order valence-electron chi connectivity index (χ4n) is 1.71. The second-order valence-electron chi connectivity index (χ2n) is 4.36. The van der Waals surface area contributed by atoms with Crippen LogP contribution in [0.5, 0.6) is 0 Å². The van der Waals surface area contributed by atoms with Crippen molar-refractivity contribution in [3.05, 3.63) is 11.1 Å². The van der Waals surface area contributed by atoms with Crippen LogP contribution in [0.3, 0.4) is 0 Å². The van der Waals surface area contributed by atoms with Gasteiger partial charge in [0, 0.05) is 11.1 Å². The molecule has 0 aromatic carbocycles. The second-order valence-corrected chi connectivity index (χ2v) is 5.42. The van der Waals surface area contributed by atoms with Crippen molar-refractivity contribution in [3.8, 4) is 0 Å². The molecule has 0 spiro atoms. The van der Waals surface area contributed by atoms with E-state index in [0.29, 0.717) is 11.0 Å². The van der Waals surface area contributed by atoms with Crippen molar-refractivity contribution in [1.29, 1.82) is 0 Å². The smallest absolute Gasteiger partial charge is 0.243 e. The number of aromatic nitrogens is 1. The van der Waals surface area contributed by atoms with Gasteiger partial charge in [-0.05, 0) is 25.3 Å². The second kappa shape index (κ2) is 4.93. The van der Waals surface area contributed by atoms with Crippen molar-refractivity contribution in [3.63, 3.8) is 0 Å². The number of carbonyl (C=O) groups is 1. The molecule has 4 nitrogen and oxygen atoms in total. The standard InChI is InChI=1S/C11H17N3OS/c1-7(2)9-6-13-11(16-9)14-10(15)8-4-3-5-12-8/h6-8,12H,3-5H2,1-2H3,(H,13,14,15). The van der Waals surface area contributed by atoms with Crippen LogP contribution in [0.25, 0.3) is 0 Å². The number of nitrogens with one attached hydrogen (secondary N) is 2. The summed E-state index contributed by atoms with van der Waals surface area (Å²) >= 11 is 1.56. The normalized spacial score (nSPS) is 20.3. The van der Waals surface area contributed by atoms with Gasteiger partial charge in [-0.2, -0.15) is 0 Å².